The lowest BCUT2D eigenvalue weighted by Crippen LogP contribution is -2.25. The van der Waals surface area contributed by atoms with Gasteiger partial charge in [-0.15, -0.1) is 0 Å². The number of carbonyl (C=O) groups excluding carboxylic acids is 2. The second kappa shape index (κ2) is 10.0. The van der Waals surface area contributed by atoms with E-state index in [0.717, 1.165) is 0 Å². The fourth-order valence-electron chi connectivity index (χ4n) is 3.66. The van der Waals surface area contributed by atoms with Crippen LogP contribution in [0.3, 0.4) is 0 Å². The van der Waals surface area contributed by atoms with E-state index in [2.05, 4.69) is 10.5 Å². The first kappa shape index (κ1) is 23.4. The van der Waals surface area contributed by atoms with Crippen LogP contribution in [0.2, 0.25) is 0 Å². The van der Waals surface area contributed by atoms with Crippen LogP contribution in [0.5, 0.6) is 11.5 Å². The Bertz CT molecular complexity index is 1450. The molecule has 1 aromatic heterocycles. The summed E-state index contributed by atoms with van der Waals surface area (Å²) in [7, 11) is 1.47. The van der Waals surface area contributed by atoms with Crippen LogP contribution in [0.1, 0.15) is 12.5 Å². The highest BCUT2D eigenvalue weighted by atomic mass is 127. The number of hydrazone groups is 1. The minimum absolute atomic E-state index is 0.0229. The minimum atomic E-state index is -0.451. The molecule has 172 valence electrons. The summed E-state index contributed by atoms with van der Waals surface area (Å²) in [6.07, 6.45) is 1.47. The third kappa shape index (κ3) is 4.79. The molecule has 1 heterocycles. The molecule has 0 saturated heterocycles. The molecular formula is C25H20IN3O5. The number of hydrogen-bond donors (Lipinski definition) is 1. The van der Waals surface area contributed by atoms with Crippen LogP contribution in [0.15, 0.2) is 70.6 Å². The average Bonchev–Trinajstić information content (AvgIpc) is 2.83. The zero-order valence-electron chi connectivity index (χ0n) is 18.4. The van der Waals surface area contributed by atoms with Gasteiger partial charge < -0.3 is 14.0 Å². The maximum Gasteiger partial charge on any atom is 0.308 e. The number of methoxy groups -OCH3 is 1. The quantitative estimate of drug-likeness (QED) is 0.0951. The van der Waals surface area contributed by atoms with Gasteiger partial charge in [-0.25, -0.2) is 5.43 Å². The Kier molecular flexibility index (Phi) is 6.92. The molecule has 0 saturated carbocycles. The van der Waals surface area contributed by atoms with Gasteiger partial charge in [0.25, 0.3) is 5.91 Å². The molecule has 0 aliphatic carbocycles. The summed E-state index contributed by atoms with van der Waals surface area (Å²) < 4.78 is 13.0. The maximum atomic E-state index is 12.8. The third-order valence-corrected chi connectivity index (χ3v) is 5.88. The van der Waals surface area contributed by atoms with E-state index in [-0.39, 0.29) is 17.9 Å². The molecule has 3 aromatic carbocycles. The molecular weight excluding hydrogens is 549 g/mol. The Balaban J connectivity index is 1.58. The number of nitrogens with zero attached hydrogens (tertiary/aromatic N) is 2. The Morgan fingerprint density at radius 2 is 1.68 bits per heavy atom. The highest BCUT2D eigenvalue weighted by molar-refractivity contribution is 14.1. The number of nitrogens with one attached hydrogen (secondary N) is 1. The van der Waals surface area contributed by atoms with E-state index in [0.29, 0.717) is 42.4 Å². The van der Waals surface area contributed by atoms with Crippen LogP contribution >= 0.6 is 22.6 Å². The third-order valence-electron chi connectivity index (χ3n) is 5.08. The van der Waals surface area contributed by atoms with Crippen LogP contribution in [0.4, 0.5) is 0 Å². The van der Waals surface area contributed by atoms with Crippen LogP contribution in [0, 0.1) is 3.57 Å². The minimum Gasteiger partial charge on any atom is -0.493 e. The van der Waals surface area contributed by atoms with E-state index in [4.69, 9.17) is 9.47 Å². The van der Waals surface area contributed by atoms with Gasteiger partial charge in [0.1, 0.15) is 6.54 Å². The number of esters is 1. The number of rotatable bonds is 6. The molecule has 0 fully saturated rings. The molecule has 9 heteroatoms. The van der Waals surface area contributed by atoms with Crippen molar-refractivity contribution in [3.8, 4) is 11.5 Å². The van der Waals surface area contributed by atoms with Crippen molar-refractivity contribution in [1.82, 2.24) is 9.99 Å². The highest BCUT2D eigenvalue weighted by Gasteiger charge is 2.14. The van der Waals surface area contributed by atoms with Crippen molar-refractivity contribution < 1.29 is 19.1 Å². The van der Waals surface area contributed by atoms with Gasteiger partial charge in [0.2, 0.25) is 0 Å². The fraction of sp³-hybridized carbons (Fsp3) is 0.120. The van der Waals surface area contributed by atoms with Gasteiger partial charge >= 0.3 is 5.97 Å². The van der Waals surface area contributed by atoms with E-state index in [9.17, 15) is 14.4 Å². The summed E-state index contributed by atoms with van der Waals surface area (Å²) in [6.45, 7) is 1.29. The standard InChI is InChI=1S/C25H20IN3O5/c1-15(30)34-25-19(26)11-16(12-22(25)33-2)13-27-28-23(31)14-29-20-9-5-3-7-17(20)24(32)18-8-4-6-10-21(18)29/h3-13H,14H2,1-2H3,(H,28,31)/b27-13-. The van der Waals surface area contributed by atoms with Crippen molar-refractivity contribution in [2.75, 3.05) is 7.11 Å². The fourth-order valence-corrected chi connectivity index (χ4v) is 4.40. The van der Waals surface area contributed by atoms with Gasteiger partial charge in [0.05, 0.1) is 27.9 Å². The number of amides is 1. The summed E-state index contributed by atoms with van der Waals surface area (Å²) in [4.78, 5) is 36.9. The number of aromatic nitrogens is 1. The summed E-state index contributed by atoms with van der Waals surface area (Å²) in [5, 5.41) is 5.15. The van der Waals surface area contributed by atoms with Gasteiger partial charge in [0.15, 0.2) is 16.9 Å². The molecule has 1 N–H and O–H groups in total. The molecule has 1 amide bonds. The molecule has 0 unspecified atom stereocenters. The molecule has 4 rings (SSSR count). The predicted molar refractivity (Wildman–Crippen MR) is 138 cm³/mol. The van der Waals surface area contributed by atoms with E-state index >= 15 is 0 Å². The first-order valence-corrected chi connectivity index (χ1v) is 11.3. The van der Waals surface area contributed by atoms with E-state index in [1.165, 1.54) is 20.2 Å². The van der Waals surface area contributed by atoms with Gasteiger partial charge in [-0.2, -0.15) is 5.10 Å². The van der Waals surface area contributed by atoms with Crippen molar-refractivity contribution >= 4 is 62.5 Å². The zero-order valence-corrected chi connectivity index (χ0v) is 20.5. The SMILES string of the molecule is COc1cc(/C=N\NC(=O)Cn2c3ccccc3c(=O)c3ccccc32)cc(I)c1OC(C)=O. The summed E-state index contributed by atoms with van der Waals surface area (Å²) in [6, 6.07) is 17.8. The number of benzene rings is 3. The molecule has 0 radical (unpaired) electrons. The number of hydrogen-bond acceptors (Lipinski definition) is 6. The second-order valence-corrected chi connectivity index (χ2v) is 8.53. The highest BCUT2D eigenvalue weighted by Crippen LogP contribution is 2.33. The second-order valence-electron chi connectivity index (χ2n) is 7.37. The summed E-state index contributed by atoms with van der Waals surface area (Å²) in [5.41, 5.74) is 4.46. The van der Waals surface area contributed by atoms with Gasteiger partial charge in [0, 0.05) is 17.7 Å². The normalized spacial score (nSPS) is 11.1. The Morgan fingerprint density at radius 1 is 1.06 bits per heavy atom. The lowest BCUT2D eigenvalue weighted by atomic mass is 10.1. The Hall–Kier alpha value is -3.73. The zero-order chi connectivity index (χ0) is 24.2. The number of halogens is 1. The maximum absolute atomic E-state index is 12.8. The lowest BCUT2D eigenvalue weighted by Gasteiger charge is -2.14. The number of fused-ring (bicyclic) bond motifs is 2. The van der Waals surface area contributed by atoms with Gasteiger partial charge in [-0.3, -0.25) is 14.4 Å². The van der Waals surface area contributed by atoms with E-state index in [1.807, 2.05) is 46.9 Å². The smallest absolute Gasteiger partial charge is 0.308 e. The van der Waals surface area contributed by atoms with E-state index in [1.54, 1.807) is 41.0 Å². The predicted octanol–water partition coefficient (Wildman–Crippen LogP) is 3.84. The molecule has 0 aliphatic rings. The van der Waals surface area contributed by atoms with Crippen molar-refractivity contribution in [3.63, 3.8) is 0 Å². The first-order valence-electron chi connectivity index (χ1n) is 10.3. The molecule has 0 spiro atoms. The van der Waals surface area contributed by atoms with Crippen molar-refractivity contribution in [2.24, 2.45) is 5.10 Å². The molecule has 4 aromatic rings. The lowest BCUT2D eigenvalue weighted by molar-refractivity contribution is -0.132. The molecule has 0 aliphatic heterocycles. The van der Waals surface area contributed by atoms with Crippen LogP contribution < -0.4 is 20.3 Å². The van der Waals surface area contributed by atoms with Crippen molar-refractivity contribution in [1.29, 1.82) is 0 Å². The summed E-state index contributed by atoms with van der Waals surface area (Å²) in [5.74, 6) is -0.101. The summed E-state index contributed by atoms with van der Waals surface area (Å²) >= 11 is 2.03. The first-order chi connectivity index (χ1) is 16.4. The van der Waals surface area contributed by atoms with Gasteiger partial charge in [-0.05, 0) is 64.6 Å². The number of para-hydroxylation sites is 2. The Morgan fingerprint density at radius 3 is 2.26 bits per heavy atom. The van der Waals surface area contributed by atoms with Gasteiger partial charge in [-0.1, -0.05) is 24.3 Å². The van der Waals surface area contributed by atoms with Crippen LogP contribution in [-0.4, -0.2) is 29.8 Å². The van der Waals surface area contributed by atoms with Crippen molar-refractivity contribution in [3.05, 3.63) is 80.0 Å². The van der Waals surface area contributed by atoms with Crippen LogP contribution in [-0.2, 0) is 16.1 Å². The van der Waals surface area contributed by atoms with Crippen LogP contribution in [0.25, 0.3) is 21.8 Å². The average molecular weight is 569 g/mol. The molecule has 0 bridgehead atoms. The number of pyridine rings is 1. The molecule has 0 atom stereocenters. The molecule has 34 heavy (non-hydrogen) atoms. The Labute approximate surface area is 208 Å². The largest absolute Gasteiger partial charge is 0.493 e. The number of carbonyl (C=O) groups is 2. The monoisotopic (exact) mass is 569 g/mol. The molecule has 8 nitrogen and oxygen atoms in total. The van der Waals surface area contributed by atoms with E-state index < -0.39 is 5.97 Å². The van der Waals surface area contributed by atoms with Crippen molar-refractivity contribution in [2.45, 2.75) is 13.5 Å². The topological polar surface area (TPSA) is 99.0 Å². The number of ether oxygens (including phenoxy) is 2.